The lowest BCUT2D eigenvalue weighted by atomic mass is 10.0. The van der Waals surface area contributed by atoms with Crippen molar-refractivity contribution in [2.75, 3.05) is 11.9 Å². The van der Waals surface area contributed by atoms with Gasteiger partial charge in [0, 0.05) is 6.04 Å². The molecule has 2 rings (SSSR count). The molecule has 26 heavy (non-hydrogen) atoms. The Balaban J connectivity index is 1.96. The van der Waals surface area contributed by atoms with Crippen molar-refractivity contribution in [3.8, 4) is 5.75 Å². The molecule has 2 aromatic carbocycles. The first kappa shape index (κ1) is 19.5. The van der Waals surface area contributed by atoms with E-state index in [1.807, 2.05) is 38.1 Å². The van der Waals surface area contributed by atoms with Gasteiger partial charge in [0.1, 0.15) is 5.75 Å². The minimum Gasteiger partial charge on any atom is -0.484 e. The third kappa shape index (κ3) is 5.62. The van der Waals surface area contributed by atoms with Crippen molar-refractivity contribution in [3.05, 3.63) is 59.7 Å². The molecule has 2 N–H and O–H groups in total. The standard InChI is InChI=1S/C21H26N2O3/c1-14(2)16-9-11-17(12-10-16)26-13-20(24)23-19-8-6-5-7-18(19)21(25)22-15(3)4/h5-12,14-15H,13H2,1-4H3,(H,22,25)(H,23,24). The second-order valence-corrected chi connectivity index (χ2v) is 6.73. The smallest absolute Gasteiger partial charge is 0.262 e. The van der Waals surface area contributed by atoms with E-state index in [4.69, 9.17) is 4.74 Å². The highest BCUT2D eigenvalue weighted by Crippen LogP contribution is 2.19. The number of benzene rings is 2. The number of nitrogens with one attached hydrogen (secondary N) is 2. The summed E-state index contributed by atoms with van der Waals surface area (Å²) in [7, 11) is 0. The maximum absolute atomic E-state index is 12.2. The molecule has 138 valence electrons. The van der Waals surface area contributed by atoms with Crippen molar-refractivity contribution < 1.29 is 14.3 Å². The monoisotopic (exact) mass is 354 g/mol. The maximum Gasteiger partial charge on any atom is 0.262 e. The molecule has 0 aliphatic heterocycles. The van der Waals surface area contributed by atoms with Crippen LogP contribution in [0.1, 0.15) is 49.5 Å². The summed E-state index contributed by atoms with van der Waals surface area (Å²) in [5, 5.41) is 5.56. The van der Waals surface area contributed by atoms with Crippen LogP contribution < -0.4 is 15.4 Å². The number of hydrogen-bond donors (Lipinski definition) is 2. The van der Waals surface area contributed by atoms with Gasteiger partial charge in [-0.1, -0.05) is 38.1 Å². The van der Waals surface area contributed by atoms with Gasteiger partial charge in [-0.15, -0.1) is 0 Å². The Morgan fingerprint density at radius 3 is 2.23 bits per heavy atom. The van der Waals surface area contributed by atoms with Gasteiger partial charge in [0.25, 0.3) is 11.8 Å². The van der Waals surface area contributed by atoms with Gasteiger partial charge in [-0.25, -0.2) is 0 Å². The van der Waals surface area contributed by atoms with Crippen LogP contribution in [0, 0.1) is 0 Å². The van der Waals surface area contributed by atoms with Crippen LogP contribution in [0.2, 0.25) is 0 Å². The van der Waals surface area contributed by atoms with Crippen LogP contribution in [0.5, 0.6) is 5.75 Å². The summed E-state index contributed by atoms with van der Waals surface area (Å²) in [5.41, 5.74) is 2.11. The Labute approximate surface area is 154 Å². The fraction of sp³-hybridized carbons (Fsp3) is 0.333. The lowest BCUT2D eigenvalue weighted by Crippen LogP contribution is -2.31. The van der Waals surface area contributed by atoms with E-state index >= 15 is 0 Å². The van der Waals surface area contributed by atoms with E-state index in [1.165, 1.54) is 5.56 Å². The molecular weight excluding hydrogens is 328 g/mol. The summed E-state index contributed by atoms with van der Waals surface area (Å²) in [5.74, 6) is 0.542. The highest BCUT2D eigenvalue weighted by atomic mass is 16.5. The van der Waals surface area contributed by atoms with Gasteiger partial charge in [0.15, 0.2) is 6.61 Å². The predicted molar refractivity (Wildman–Crippen MR) is 104 cm³/mol. The molecule has 2 amide bonds. The van der Waals surface area contributed by atoms with Gasteiger partial charge in [0.2, 0.25) is 0 Å². The molecule has 0 aliphatic carbocycles. The van der Waals surface area contributed by atoms with Crippen LogP contribution in [-0.4, -0.2) is 24.5 Å². The van der Waals surface area contributed by atoms with Gasteiger partial charge in [-0.3, -0.25) is 9.59 Å². The van der Waals surface area contributed by atoms with Gasteiger partial charge in [-0.05, 0) is 49.6 Å². The topological polar surface area (TPSA) is 67.4 Å². The molecule has 0 saturated carbocycles. The second kappa shape index (κ2) is 9.04. The van der Waals surface area contributed by atoms with Crippen LogP contribution in [0.3, 0.4) is 0 Å². The first-order chi connectivity index (χ1) is 12.4. The Kier molecular flexibility index (Phi) is 6.78. The zero-order valence-electron chi connectivity index (χ0n) is 15.7. The molecule has 5 nitrogen and oxygen atoms in total. The number of hydrogen-bond acceptors (Lipinski definition) is 3. The van der Waals surface area contributed by atoms with E-state index in [1.54, 1.807) is 24.3 Å². The van der Waals surface area contributed by atoms with Crippen LogP contribution in [-0.2, 0) is 4.79 Å². The minimum absolute atomic E-state index is 0.0170. The molecule has 0 aromatic heterocycles. The SMILES string of the molecule is CC(C)NC(=O)c1ccccc1NC(=O)COc1ccc(C(C)C)cc1. The average Bonchev–Trinajstić information content (AvgIpc) is 2.60. The Morgan fingerprint density at radius 2 is 1.62 bits per heavy atom. The summed E-state index contributed by atoms with van der Waals surface area (Å²) in [4.78, 5) is 24.4. The van der Waals surface area contributed by atoms with Gasteiger partial charge >= 0.3 is 0 Å². The van der Waals surface area contributed by atoms with Crippen molar-refractivity contribution in [1.82, 2.24) is 5.32 Å². The lowest BCUT2D eigenvalue weighted by molar-refractivity contribution is -0.118. The summed E-state index contributed by atoms with van der Waals surface area (Å²) < 4.78 is 5.53. The number of para-hydroxylation sites is 1. The molecule has 2 aromatic rings. The third-order valence-corrected chi connectivity index (χ3v) is 3.78. The summed E-state index contributed by atoms with van der Waals surface area (Å²) in [6, 6.07) is 14.6. The largest absolute Gasteiger partial charge is 0.484 e. The number of carbonyl (C=O) groups excluding carboxylic acids is 2. The Hall–Kier alpha value is -2.82. The van der Waals surface area contributed by atoms with E-state index in [0.717, 1.165) is 0 Å². The predicted octanol–water partition coefficient (Wildman–Crippen LogP) is 3.97. The zero-order chi connectivity index (χ0) is 19.1. The average molecular weight is 354 g/mol. The van der Waals surface area contributed by atoms with Crippen LogP contribution in [0.4, 0.5) is 5.69 Å². The van der Waals surface area contributed by atoms with Crippen LogP contribution >= 0.6 is 0 Å². The molecule has 0 saturated heterocycles. The fourth-order valence-electron chi connectivity index (χ4n) is 2.41. The van der Waals surface area contributed by atoms with E-state index in [2.05, 4.69) is 24.5 Å². The van der Waals surface area contributed by atoms with Gasteiger partial charge in [-0.2, -0.15) is 0 Å². The number of ether oxygens (including phenoxy) is 1. The highest BCUT2D eigenvalue weighted by molar-refractivity contribution is 6.04. The van der Waals surface area contributed by atoms with Gasteiger partial charge < -0.3 is 15.4 Å². The molecule has 0 spiro atoms. The zero-order valence-corrected chi connectivity index (χ0v) is 15.7. The van der Waals surface area contributed by atoms with Crippen molar-refractivity contribution in [1.29, 1.82) is 0 Å². The lowest BCUT2D eigenvalue weighted by Gasteiger charge is -2.13. The first-order valence-corrected chi connectivity index (χ1v) is 8.79. The Morgan fingerprint density at radius 1 is 0.962 bits per heavy atom. The summed E-state index contributed by atoms with van der Waals surface area (Å²) in [6.45, 7) is 7.89. The van der Waals surface area contributed by atoms with Crippen LogP contribution in [0.25, 0.3) is 0 Å². The Bertz CT molecular complexity index is 752. The highest BCUT2D eigenvalue weighted by Gasteiger charge is 2.14. The fourth-order valence-corrected chi connectivity index (χ4v) is 2.41. The molecule has 0 bridgehead atoms. The normalized spacial score (nSPS) is 10.7. The molecule has 0 aliphatic rings. The van der Waals surface area contributed by atoms with Crippen molar-refractivity contribution in [2.24, 2.45) is 0 Å². The molecule has 0 fully saturated rings. The number of carbonyl (C=O) groups is 2. The third-order valence-electron chi connectivity index (χ3n) is 3.78. The van der Waals surface area contributed by atoms with E-state index in [-0.39, 0.29) is 24.5 Å². The molecule has 0 radical (unpaired) electrons. The first-order valence-electron chi connectivity index (χ1n) is 8.79. The van der Waals surface area contributed by atoms with Crippen molar-refractivity contribution in [2.45, 2.75) is 39.7 Å². The van der Waals surface area contributed by atoms with E-state index < -0.39 is 0 Å². The molecule has 5 heteroatoms. The number of anilines is 1. The minimum atomic E-state index is -0.317. The number of amides is 2. The summed E-state index contributed by atoms with van der Waals surface area (Å²) in [6.07, 6.45) is 0. The van der Waals surface area contributed by atoms with Crippen molar-refractivity contribution >= 4 is 17.5 Å². The maximum atomic E-state index is 12.2. The van der Waals surface area contributed by atoms with Gasteiger partial charge in [0.05, 0.1) is 11.3 Å². The molecule has 0 heterocycles. The van der Waals surface area contributed by atoms with Crippen molar-refractivity contribution in [3.63, 3.8) is 0 Å². The van der Waals surface area contributed by atoms with E-state index in [0.29, 0.717) is 22.9 Å². The summed E-state index contributed by atoms with van der Waals surface area (Å²) >= 11 is 0. The molecular formula is C21H26N2O3. The molecule has 0 unspecified atom stereocenters. The second-order valence-electron chi connectivity index (χ2n) is 6.73. The molecule has 0 atom stereocenters. The number of rotatable bonds is 7. The van der Waals surface area contributed by atoms with E-state index in [9.17, 15) is 9.59 Å². The van der Waals surface area contributed by atoms with Crippen LogP contribution in [0.15, 0.2) is 48.5 Å². The quantitative estimate of drug-likeness (QED) is 0.791.